The Morgan fingerprint density at radius 2 is 2.06 bits per heavy atom. The minimum Gasteiger partial charge on any atom is -0.475 e. The number of carboxylic acid groups (broad SMARTS) is 1. The Hall–Kier alpha value is -1.63. The van der Waals surface area contributed by atoms with Crippen LogP contribution in [0.4, 0.5) is 0 Å². The SMILES string of the molecule is CCS(=O)CCNC(=O)c1ccc(C(=O)O)o1. The van der Waals surface area contributed by atoms with E-state index in [1.807, 2.05) is 0 Å². The van der Waals surface area contributed by atoms with Gasteiger partial charge in [-0.25, -0.2) is 4.79 Å². The highest BCUT2D eigenvalue weighted by molar-refractivity contribution is 7.84. The molecule has 1 unspecified atom stereocenters. The quantitative estimate of drug-likeness (QED) is 0.774. The van der Waals surface area contributed by atoms with Crippen molar-refractivity contribution in [2.24, 2.45) is 0 Å². The molecule has 7 heteroatoms. The summed E-state index contributed by atoms with van der Waals surface area (Å²) >= 11 is 0. The van der Waals surface area contributed by atoms with E-state index in [4.69, 9.17) is 9.52 Å². The second kappa shape index (κ2) is 6.19. The molecule has 2 N–H and O–H groups in total. The first-order valence-corrected chi connectivity index (χ1v) is 6.49. The Kier molecular flexibility index (Phi) is 4.89. The van der Waals surface area contributed by atoms with Gasteiger partial charge in [-0.1, -0.05) is 6.92 Å². The highest BCUT2D eigenvalue weighted by Crippen LogP contribution is 2.07. The van der Waals surface area contributed by atoms with Gasteiger partial charge in [-0.3, -0.25) is 9.00 Å². The highest BCUT2D eigenvalue weighted by atomic mass is 32.2. The summed E-state index contributed by atoms with van der Waals surface area (Å²) in [6.07, 6.45) is 0. The van der Waals surface area contributed by atoms with Crippen molar-refractivity contribution in [3.05, 3.63) is 23.7 Å². The number of aromatic carboxylic acids is 1. The maximum atomic E-state index is 11.5. The van der Waals surface area contributed by atoms with Crippen LogP contribution in [-0.2, 0) is 10.8 Å². The molecule has 17 heavy (non-hydrogen) atoms. The van der Waals surface area contributed by atoms with Gasteiger partial charge in [0, 0.05) is 28.9 Å². The van der Waals surface area contributed by atoms with E-state index in [2.05, 4.69) is 5.32 Å². The molecule has 0 fully saturated rings. The Morgan fingerprint density at radius 3 is 2.59 bits per heavy atom. The van der Waals surface area contributed by atoms with Gasteiger partial charge in [0.15, 0.2) is 5.76 Å². The Balaban J connectivity index is 2.47. The number of hydrogen-bond acceptors (Lipinski definition) is 4. The van der Waals surface area contributed by atoms with Crippen LogP contribution in [-0.4, -0.2) is 39.2 Å². The summed E-state index contributed by atoms with van der Waals surface area (Å²) in [6.45, 7) is 2.06. The Labute approximate surface area is 100 Å². The third kappa shape index (κ3) is 4.03. The van der Waals surface area contributed by atoms with Crippen LogP contribution in [0.2, 0.25) is 0 Å². The highest BCUT2D eigenvalue weighted by Gasteiger charge is 2.14. The van der Waals surface area contributed by atoms with Gasteiger partial charge in [0.1, 0.15) is 0 Å². The Morgan fingerprint density at radius 1 is 1.41 bits per heavy atom. The minimum absolute atomic E-state index is 0.0651. The molecular weight excluding hydrogens is 246 g/mol. The van der Waals surface area contributed by atoms with Crippen molar-refractivity contribution in [3.8, 4) is 0 Å². The van der Waals surface area contributed by atoms with Crippen LogP contribution < -0.4 is 5.32 Å². The van der Waals surface area contributed by atoms with Crippen molar-refractivity contribution in [3.63, 3.8) is 0 Å². The first-order valence-electron chi connectivity index (χ1n) is 5.01. The second-order valence-corrected chi connectivity index (χ2v) is 5.02. The summed E-state index contributed by atoms with van der Waals surface area (Å²) in [5, 5.41) is 11.1. The van der Waals surface area contributed by atoms with Crippen LogP contribution in [0.1, 0.15) is 28.0 Å². The molecule has 0 bridgehead atoms. The average molecular weight is 259 g/mol. The zero-order chi connectivity index (χ0) is 12.8. The molecule has 0 saturated carbocycles. The molecule has 0 aromatic carbocycles. The number of amides is 1. The van der Waals surface area contributed by atoms with E-state index in [0.29, 0.717) is 11.5 Å². The van der Waals surface area contributed by atoms with Gasteiger partial charge < -0.3 is 14.8 Å². The zero-order valence-electron chi connectivity index (χ0n) is 9.26. The number of nitrogens with one attached hydrogen (secondary N) is 1. The van der Waals surface area contributed by atoms with Gasteiger partial charge in [-0.05, 0) is 12.1 Å². The van der Waals surface area contributed by atoms with E-state index in [0.717, 1.165) is 0 Å². The van der Waals surface area contributed by atoms with Gasteiger partial charge in [0.05, 0.1) is 0 Å². The lowest BCUT2D eigenvalue weighted by Crippen LogP contribution is -2.27. The lowest BCUT2D eigenvalue weighted by atomic mass is 10.4. The number of hydrogen-bond donors (Lipinski definition) is 2. The first kappa shape index (κ1) is 13.4. The van der Waals surface area contributed by atoms with Gasteiger partial charge in [0.25, 0.3) is 5.91 Å². The molecule has 1 aromatic rings. The molecule has 0 spiro atoms. The molecule has 0 aliphatic heterocycles. The van der Waals surface area contributed by atoms with Gasteiger partial charge in [-0.2, -0.15) is 0 Å². The number of carboxylic acids is 1. The molecule has 6 nitrogen and oxygen atoms in total. The molecule has 1 amide bonds. The third-order valence-corrected chi connectivity index (χ3v) is 3.28. The Bertz CT molecular complexity index is 440. The van der Waals surface area contributed by atoms with Gasteiger partial charge in [-0.15, -0.1) is 0 Å². The van der Waals surface area contributed by atoms with Crippen molar-refractivity contribution < 1.29 is 23.3 Å². The molecule has 0 saturated heterocycles. The van der Waals surface area contributed by atoms with Crippen LogP contribution >= 0.6 is 0 Å². The van der Waals surface area contributed by atoms with Crippen molar-refractivity contribution >= 4 is 22.7 Å². The fraction of sp³-hybridized carbons (Fsp3) is 0.400. The largest absolute Gasteiger partial charge is 0.475 e. The van der Waals surface area contributed by atoms with Crippen LogP contribution in [0, 0.1) is 0 Å². The van der Waals surface area contributed by atoms with E-state index < -0.39 is 22.7 Å². The number of carbonyl (C=O) groups is 2. The lowest BCUT2D eigenvalue weighted by molar-refractivity contribution is 0.0659. The summed E-state index contributed by atoms with van der Waals surface area (Å²) < 4.78 is 15.9. The third-order valence-electron chi connectivity index (χ3n) is 1.98. The molecule has 1 heterocycles. The standard InChI is InChI=1S/C10H13NO5S/c1-2-17(15)6-5-11-9(12)7-3-4-8(16-7)10(13)14/h3-4H,2,5-6H2,1H3,(H,11,12)(H,13,14). The predicted octanol–water partition coefficient (Wildman–Crippen LogP) is 0.476. The van der Waals surface area contributed by atoms with E-state index in [9.17, 15) is 13.8 Å². The molecule has 0 aliphatic rings. The fourth-order valence-corrected chi connectivity index (χ4v) is 1.70. The average Bonchev–Trinajstić information content (AvgIpc) is 2.78. The lowest BCUT2D eigenvalue weighted by Gasteiger charge is -2.01. The smallest absolute Gasteiger partial charge is 0.371 e. The molecular formula is C10H13NO5S. The summed E-state index contributed by atoms with van der Waals surface area (Å²) in [4.78, 5) is 22.0. The summed E-state index contributed by atoms with van der Waals surface area (Å²) in [5.74, 6) is -1.17. The van der Waals surface area contributed by atoms with E-state index in [-0.39, 0.29) is 18.1 Å². The van der Waals surface area contributed by atoms with Crippen LogP contribution in [0.15, 0.2) is 16.5 Å². The topological polar surface area (TPSA) is 96.6 Å². The fourth-order valence-electron chi connectivity index (χ4n) is 1.08. The monoisotopic (exact) mass is 259 g/mol. The van der Waals surface area contributed by atoms with E-state index in [1.54, 1.807) is 6.92 Å². The molecule has 1 aromatic heterocycles. The summed E-state index contributed by atoms with van der Waals surface area (Å²) in [7, 11) is -0.941. The molecule has 1 rings (SSSR count). The van der Waals surface area contributed by atoms with Crippen molar-refractivity contribution in [1.82, 2.24) is 5.32 Å². The molecule has 1 atom stereocenters. The van der Waals surface area contributed by atoms with Gasteiger partial charge in [0.2, 0.25) is 5.76 Å². The molecule has 0 aliphatic carbocycles. The van der Waals surface area contributed by atoms with Crippen molar-refractivity contribution in [2.45, 2.75) is 6.92 Å². The van der Waals surface area contributed by atoms with E-state index >= 15 is 0 Å². The second-order valence-electron chi connectivity index (χ2n) is 3.16. The molecule has 94 valence electrons. The van der Waals surface area contributed by atoms with Crippen LogP contribution in [0.25, 0.3) is 0 Å². The van der Waals surface area contributed by atoms with Crippen molar-refractivity contribution in [2.75, 3.05) is 18.1 Å². The van der Waals surface area contributed by atoms with Crippen molar-refractivity contribution in [1.29, 1.82) is 0 Å². The first-order chi connectivity index (χ1) is 8.04. The summed E-state index contributed by atoms with van der Waals surface area (Å²) in [5.41, 5.74) is 0. The van der Waals surface area contributed by atoms with Crippen LogP contribution in [0.5, 0.6) is 0 Å². The predicted molar refractivity (Wildman–Crippen MR) is 61.6 cm³/mol. The normalized spacial score (nSPS) is 12.1. The number of rotatable bonds is 6. The minimum atomic E-state index is -1.23. The number of furan rings is 1. The van der Waals surface area contributed by atoms with Crippen LogP contribution in [0.3, 0.4) is 0 Å². The van der Waals surface area contributed by atoms with Gasteiger partial charge >= 0.3 is 5.97 Å². The zero-order valence-corrected chi connectivity index (χ0v) is 10.1. The maximum absolute atomic E-state index is 11.5. The number of carbonyl (C=O) groups excluding carboxylic acids is 1. The maximum Gasteiger partial charge on any atom is 0.371 e. The van der Waals surface area contributed by atoms with E-state index in [1.165, 1.54) is 12.1 Å². The molecule has 0 radical (unpaired) electrons. The summed E-state index contributed by atoms with van der Waals surface area (Å²) in [6, 6.07) is 2.50.